The first-order valence-electron chi connectivity index (χ1n) is 5.60. The van der Waals surface area contributed by atoms with Gasteiger partial charge in [-0.1, -0.05) is 46.9 Å². The third-order valence-electron chi connectivity index (χ3n) is 2.70. The minimum absolute atomic E-state index is 0.0480. The lowest BCUT2D eigenvalue weighted by Crippen LogP contribution is -2.04. The average molecular weight is 332 g/mol. The van der Waals surface area contributed by atoms with Crippen LogP contribution in [0.25, 0.3) is 0 Å². The Bertz CT molecular complexity index is 642. The zero-order valence-corrected chi connectivity index (χ0v) is 12.3. The summed E-state index contributed by atoms with van der Waals surface area (Å²) in [7, 11) is 0. The number of nitrogens with zero attached hydrogens (tertiary/aromatic N) is 1. The number of nitro groups is 1. The van der Waals surface area contributed by atoms with Gasteiger partial charge in [-0.2, -0.15) is 0 Å². The number of hydrogen-bond acceptors (Lipinski definition) is 3. The van der Waals surface area contributed by atoms with Gasteiger partial charge in [0, 0.05) is 12.6 Å². The molecule has 0 heterocycles. The summed E-state index contributed by atoms with van der Waals surface area (Å²) in [5, 5.41) is 15.2. The second-order valence-corrected chi connectivity index (χ2v) is 5.17. The van der Waals surface area contributed by atoms with Crippen LogP contribution in [-0.4, -0.2) is 4.92 Å². The molecular formula is C13H9Cl3N2O2. The van der Waals surface area contributed by atoms with Crippen molar-refractivity contribution in [3.05, 3.63) is 67.1 Å². The van der Waals surface area contributed by atoms with Gasteiger partial charge in [0.1, 0.15) is 0 Å². The molecule has 0 amide bonds. The molecule has 104 valence electrons. The summed E-state index contributed by atoms with van der Waals surface area (Å²) in [5.41, 5.74) is 0.855. The topological polar surface area (TPSA) is 55.2 Å². The fraction of sp³-hybridized carbons (Fsp3) is 0.0769. The number of benzene rings is 2. The van der Waals surface area contributed by atoms with Crippen LogP contribution in [0.3, 0.4) is 0 Å². The lowest BCUT2D eigenvalue weighted by atomic mass is 10.1. The van der Waals surface area contributed by atoms with Crippen LogP contribution in [0.4, 0.5) is 11.4 Å². The SMILES string of the molecule is O=[N+]([O-])c1cccc(Cl)c1CNc1c(Cl)cccc1Cl. The van der Waals surface area contributed by atoms with E-state index >= 15 is 0 Å². The molecule has 2 rings (SSSR count). The van der Waals surface area contributed by atoms with Crippen molar-refractivity contribution in [2.24, 2.45) is 0 Å². The highest BCUT2D eigenvalue weighted by Gasteiger charge is 2.17. The van der Waals surface area contributed by atoms with E-state index in [0.29, 0.717) is 26.3 Å². The first kappa shape index (κ1) is 14.9. The molecule has 0 aliphatic carbocycles. The van der Waals surface area contributed by atoms with Crippen LogP contribution in [0.1, 0.15) is 5.56 Å². The molecule has 20 heavy (non-hydrogen) atoms. The van der Waals surface area contributed by atoms with E-state index in [1.807, 2.05) is 0 Å². The molecule has 4 nitrogen and oxygen atoms in total. The highest BCUT2D eigenvalue weighted by atomic mass is 35.5. The molecule has 0 aliphatic rings. The number of rotatable bonds is 4. The van der Waals surface area contributed by atoms with E-state index in [-0.39, 0.29) is 12.2 Å². The number of nitrogens with one attached hydrogen (secondary N) is 1. The fourth-order valence-corrected chi connectivity index (χ4v) is 2.50. The summed E-state index contributed by atoms with van der Waals surface area (Å²) >= 11 is 18.1. The van der Waals surface area contributed by atoms with E-state index < -0.39 is 4.92 Å². The number of halogens is 3. The second-order valence-electron chi connectivity index (χ2n) is 3.94. The zero-order chi connectivity index (χ0) is 14.7. The molecule has 0 saturated heterocycles. The van der Waals surface area contributed by atoms with Crippen LogP contribution < -0.4 is 5.32 Å². The lowest BCUT2D eigenvalue weighted by Gasteiger charge is -2.11. The molecule has 0 unspecified atom stereocenters. The van der Waals surface area contributed by atoms with Crippen molar-refractivity contribution in [3.63, 3.8) is 0 Å². The average Bonchev–Trinajstić information content (AvgIpc) is 2.39. The van der Waals surface area contributed by atoms with Crippen molar-refractivity contribution in [2.75, 3.05) is 5.32 Å². The number of anilines is 1. The molecule has 0 atom stereocenters. The summed E-state index contributed by atoms with van der Waals surface area (Å²) < 4.78 is 0. The molecule has 2 aromatic carbocycles. The maximum absolute atomic E-state index is 11.0. The lowest BCUT2D eigenvalue weighted by molar-refractivity contribution is -0.385. The molecule has 0 aromatic heterocycles. The predicted octanol–water partition coefficient (Wildman–Crippen LogP) is 5.17. The third-order valence-corrected chi connectivity index (χ3v) is 3.68. The number of nitro benzene ring substituents is 1. The first-order chi connectivity index (χ1) is 9.50. The molecular weight excluding hydrogens is 323 g/mol. The Morgan fingerprint density at radius 2 is 1.55 bits per heavy atom. The van der Waals surface area contributed by atoms with Crippen LogP contribution >= 0.6 is 34.8 Å². The van der Waals surface area contributed by atoms with Gasteiger partial charge in [0.05, 0.1) is 31.2 Å². The van der Waals surface area contributed by atoms with Crippen molar-refractivity contribution in [1.29, 1.82) is 0 Å². The van der Waals surface area contributed by atoms with E-state index in [9.17, 15) is 10.1 Å². The molecule has 0 fully saturated rings. The molecule has 0 bridgehead atoms. The Labute approximate surface area is 130 Å². The smallest absolute Gasteiger partial charge is 0.275 e. The zero-order valence-electron chi connectivity index (χ0n) is 10.1. The Morgan fingerprint density at radius 3 is 2.15 bits per heavy atom. The minimum atomic E-state index is -0.475. The quantitative estimate of drug-likeness (QED) is 0.621. The van der Waals surface area contributed by atoms with Crippen molar-refractivity contribution >= 4 is 46.2 Å². The van der Waals surface area contributed by atoms with Crippen LogP contribution in [0.5, 0.6) is 0 Å². The molecule has 2 aromatic rings. The third kappa shape index (κ3) is 3.15. The van der Waals surface area contributed by atoms with Gasteiger partial charge in [0.2, 0.25) is 0 Å². The van der Waals surface area contributed by atoms with Crippen molar-refractivity contribution in [1.82, 2.24) is 0 Å². The summed E-state index contributed by atoms with van der Waals surface area (Å²) in [6, 6.07) is 9.60. The van der Waals surface area contributed by atoms with Crippen molar-refractivity contribution in [2.45, 2.75) is 6.54 Å². The van der Waals surface area contributed by atoms with Crippen LogP contribution in [-0.2, 0) is 6.54 Å². The van der Waals surface area contributed by atoms with Crippen LogP contribution in [0, 0.1) is 10.1 Å². The van der Waals surface area contributed by atoms with Gasteiger partial charge < -0.3 is 5.32 Å². The Hall–Kier alpha value is -1.49. The number of para-hydroxylation sites is 1. The van der Waals surface area contributed by atoms with E-state index in [1.54, 1.807) is 24.3 Å². The maximum atomic E-state index is 11.0. The van der Waals surface area contributed by atoms with Crippen molar-refractivity contribution < 1.29 is 4.92 Å². The fourth-order valence-electron chi connectivity index (χ4n) is 1.74. The summed E-state index contributed by atoms with van der Waals surface area (Å²) in [5.74, 6) is 0. The van der Waals surface area contributed by atoms with Crippen LogP contribution in [0.2, 0.25) is 15.1 Å². The normalized spacial score (nSPS) is 10.3. The highest BCUT2D eigenvalue weighted by Crippen LogP contribution is 2.32. The van der Waals surface area contributed by atoms with E-state index in [0.717, 1.165) is 0 Å². The molecule has 0 saturated carbocycles. The van der Waals surface area contributed by atoms with Crippen molar-refractivity contribution in [3.8, 4) is 0 Å². The summed E-state index contributed by atoms with van der Waals surface area (Å²) in [4.78, 5) is 10.5. The standard InChI is InChI=1S/C13H9Cl3N2O2/c14-9-3-2-6-12(18(19)20)8(9)7-17-13-10(15)4-1-5-11(13)16/h1-6,17H,7H2. The van der Waals surface area contributed by atoms with Gasteiger partial charge in [-0.3, -0.25) is 10.1 Å². The van der Waals surface area contributed by atoms with Gasteiger partial charge in [-0.25, -0.2) is 0 Å². The molecule has 0 spiro atoms. The minimum Gasteiger partial charge on any atom is -0.378 e. The first-order valence-corrected chi connectivity index (χ1v) is 6.73. The maximum Gasteiger partial charge on any atom is 0.275 e. The van der Waals surface area contributed by atoms with Gasteiger partial charge in [0.15, 0.2) is 0 Å². The van der Waals surface area contributed by atoms with E-state index in [4.69, 9.17) is 34.8 Å². The second kappa shape index (κ2) is 6.31. The largest absolute Gasteiger partial charge is 0.378 e. The monoisotopic (exact) mass is 330 g/mol. The van der Waals surface area contributed by atoms with E-state index in [1.165, 1.54) is 12.1 Å². The Morgan fingerprint density at radius 1 is 1.00 bits per heavy atom. The number of hydrogen-bond donors (Lipinski definition) is 1. The molecule has 0 aliphatic heterocycles. The van der Waals surface area contributed by atoms with E-state index in [2.05, 4.69) is 5.32 Å². The Balaban J connectivity index is 2.30. The predicted molar refractivity (Wildman–Crippen MR) is 81.9 cm³/mol. The van der Waals surface area contributed by atoms with Gasteiger partial charge in [-0.05, 0) is 18.2 Å². The molecule has 7 heteroatoms. The Kier molecular flexibility index (Phi) is 4.70. The van der Waals surface area contributed by atoms with Gasteiger partial charge >= 0.3 is 0 Å². The van der Waals surface area contributed by atoms with Crippen LogP contribution in [0.15, 0.2) is 36.4 Å². The van der Waals surface area contributed by atoms with Gasteiger partial charge in [-0.15, -0.1) is 0 Å². The van der Waals surface area contributed by atoms with Gasteiger partial charge in [0.25, 0.3) is 5.69 Å². The summed E-state index contributed by atoms with van der Waals surface area (Å²) in [6.07, 6.45) is 0. The molecule has 1 N–H and O–H groups in total. The summed E-state index contributed by atoms with van der Waals surface area (Å²) in [6.45, 7) is 0.152. The highest BCUT2D eigenvalue weighted by molar-refractivity contribution is 6.39. The molecule has 0 radical (unpaired) electrons.